The summed E-state index contributed by atoms with van der Waals surface area (Å²) in [5.41, 5.74) is 9.33. The van der Waals surface area contributed by atoms with E-state index in [0.29, 0.717) is 6.61 Å². The maximum absolute atomic E-state index is 5.87. The van der Waals surface area contributed by atoms with Crippen molar-refractivity contribution in [3.63, 3.8) is 0 Å². The van der Waals surface area contributed by atoms with E-state index >= 15 is 0 Å². The number of aryl methyl sites for hydroxylation is 4. The van der Waals surface area contributed by atoms with Crippen molar-refractivity contribution in [2.24, 2.45) is 0 Å². The monoisotopic (exact) mass is 531 g/mol. The lowest BCUT2D eigenvalue weighted by atomic mass is 10.2. The lowest BCUT2D eigenvalue weighted by molar-refractivity contribution is -0.698. The first-order valence-electron chi connectivity index (χ1n) is 12.7. The Bertz CT molecular complexity index is 1410. The zero-order valence-electron chi connectivity index (χ0n) is 21.4. The highest BCUT2D eigenvalue weighted by atomic mass is 32.1. The van der Waals surface area contributed by atoms with Gasteiger partial charge in [0, 0.05) is 58.0 Å². The van der Waals surface area contributed by atoms with E-state index in [2.05, 4.69) is 80.8 Å². The Morgan fingerprint density at radius 1 is 0.838 bits per heavy atom. The smallest absolute Gasteiger partial charge is 0.231 e. The summed E-state index contributed by atoms with van der Waals surface area (Å²) in [6.45, 7) is 6.93. The highest BCUT2D eigenvalue weighted by molar-refractivity contribution is 7.09. The third kappa shape index (κ3) is 6.50. The molecule has 2 aromatic carbocycles. The van der Waals surface area contributed by atoms with E-state index in [1.807, 2.05) is 57.7 Å². The third-order valence-corrected chi connectivity index (χ3v) is 8.83. The molecule has 0 spiro atoms. The summed E-state index contributed by atoms with van der Waals surface area (Å²) in [5.74, 6) is 0.930. The van der Waals surface area contributed by atoms with Crippen LogP contribution in [0.5, 0.6) is 5.75 Å². The van der Waals surface area contributed by atoms with Gasteiger partial charge in [-0.2, -0.15) is 9.13 Å². The molecule has 0 atom stereocenters. The minimum atomic E-state index is 0.700. The quantitative estimate of drug-likeness (QED) is 0.211. The molecule has 5 rings (SSSR count). The molecule has 0 N–H and O–H groups in total. The van der Waals surface area contributed by atoms with E-state index in [1.54, 1.807) is 0 Å². The first kappa shape index (κ1) is 25.3. The molecule has 5 aromatic rings. The van der Waals surface area contributed by atoms with Gasteiger partial charge in [0.2, 0.25) is 16.7 Å². The summed E-state index contributed by atoms with van der Waals surface area (Å²) < 4.78 is 12.5. The number of benzene rings is 2. The molecule has 6 nitrogen and oxygen atoms in total. The van der Waals surface area contributed by atoms with Crippen LogP contribution in [0.3, 0.4) is 0 Å². The Morgan fingerprint density at radius 3 is 2.38 bits per heavy atom. The van der Waals surface area contributed by atoms with E-state index in [1.165, 1.54) is 26.8 Å². The van der Waals surface area contributed by atoms with Crippen molar-refractivity contribution >= 4 is 22.7 Å². The van der Waals surface area contributed by atoms with Crippen molar-refractivity contribution in [3.05, 3.63) is 105 Å². The average molecular weight is 532 g/mol. The molecule has 8 heteroatoms. The van der Waals surface area contributed by atoms with Crippen LogP contribution >= 0.6 is 22.7 Å². The fourth-order valence-electron chi connectivity index (χ4n) is 4.40. The van der Waals surface area contributed by atoms with Gasteiger partial charge in [0.25, 0.3) is 0 Å². The molecule has 0 bridgehead atoms. The van der Waals surface area contributed by atoms with E-state index in [4.69, 9.17) is 4.74 Å². The molecule has 3 aromatic heterocycles. The molecule has 0 amide bonds. The fraction of sp³-hybridized carbons (Fsp3) is 0.310. The number of nitrogens with zero attached hydrogens (tertiary/aromatic N) is 5. The largest absolute Gasteiger partial charge is 0.493 e. The van der Waals surface area contributed by atoms with Crippen molar-refractivity contribution in [3.8, 4) is 11.4 Å². The predicted molar refractivity (Wildman–Crippen MR) is 148 cm³/mol. The molecule has 190 valence electrons. The van der Waals surface area contributed by atoms with Gasteiger partial charge in [-0.05, 0) is 18.6 Å². The summed E-state index contributed by atoms with van der Waals surface area (Å²) in [7, 11) is 0. The molecule has 3 heterocycles. The number of hydrogen-bond acceptors (Lipinski definition) is 5. The van der Waals surface area contributed by atoms with Crippen LogP contribution in [0.4, 0.5) is 0 Å². The van der Waals surface area contributed by atoms with E-state index < -0.39 is 0 Å². The van der Waals surface area contributed by atoms with Crippen molar-refractivity contribution in [1.29, 1.82) is 0 Å². The minimum absolute atomic E-state index is 0.700. The SMILES string of the molecule is Cc1c(CCOc2ccccc2)sc[n+]1CCCc1cn(CCc2sc[n+](-c3ccccc3)c2C)nn1. The van der Waals surface area contributed by atoms with Crippen molar-refractivity contribution in [2.45, 2.75) is 52.6 Å². The molecule has 37 heavy (non-hydrogen) atoms. The van der Waals surface area contributed by atoms with Crippen LogP contribution in [0.2, 0.25) is 0 Å². The zero-order valence-corrected chi connectivity index (χ0v) is 23.0. The van der Waals surface area contributed by atoms with Crippen LogP contribution in [0.1, 0.15) is 33.3 Å². The first-order chi connectivity index (χ1) is 18.2. The van der Waals surface area contributed by atoms with Gasteiger partial charge in [-0.3, -0.25) is 4.68 Å². The lowest BCUT2D eigenvalue weighted by Crippen LogP contribution is -2.34. The summed E-state index contributed by atoms with van der Waals surface area (Å²) >= 11 is 3.62. The van der Waals surface area contributed by atoms with Gasteiger partial charge in [0.05, 0.1) is 22.1 Å². The number of aromatic nitrogens is 5. The Balaban J connectivity index is 1.07. The fourth-order valence-corrected chi connectivity index (χ4v) is 6.39. The Kier molecular flexibility index (Phi) is 8.38. The number of rotatable bonds is 12. The summed E-state index contributed by atoms with van der Waals surface area (Å²) in [6, 6.07) is 20.5. The van der Waals surface area contributed by atoms with Crippen molar-refractivity contribution in [1.82, 2.24) is 15.0 Å². The van der Waals surface area contributed by atoms with Gasteiger partial charge in [-0.1, -0.05) is 64.3 Å². The van der Waals surface area contributed by atoms with Crippen molar-refractivity contribution in [2.75, 3.05) is 6.61 Å². The van der Waals surface area contributed by atoms with E-state index in [-0.39, 0.29) is 0 Å². The second kappa shape index (κ2) is 12.3. The Hall–Kier alpha value is -3.36. The zero-order chi connectivity index (χ0) is 25.5. The second-order valence-electron chi connectivity index (χ2n) is 9.10. The summed E-state index contributed by atoms with van der Waals surface area (Å²) in [4.78, 5) is 2.77. The highest BCUT2D eigenvalue weighted by Crippen LogP contribution is 2.16. The van der Waals surface area contributed by atoms with Gasteiger partial charge in [-0.15, -0.1) is 5.10 Å². The topological polar surface area (TPSA) is 47.7 Å². The molecule has 0 fully saturated rings. The summed E-state index contributed by atoms with van der Waals surface area (Å²) in [6.07, 6.45) is 5.97. The van der Waals surface area contributed by atoms with Gasteiger partial charge < -0.3 is 4.74 Å². The number of hydrogen-bond donors (Lipinski definition) is 0. The number of ether oxygens (including phenoxy) is 1. The van der Waals surface area contributed by atoms with Crippen molar-refractivity contribution < 1.29 is 13.9 Å². The first-order valence-corrected chi connectivity index (χ1v) is 14.5. The summed E-state index contributed by atoms with van der Waals surface area (Å²) in [5, 5.41) is 8.80. The number of thiazole rings is 2. The molecule has 0 aliphatic heterocycles. The van der Waals surface area contributed by atoms with Crippen LogP contribution < -0.4 is 13.9 Å². The second-order valence-corrected chi connectivity index (χ2v) is 11.0. The number of para-hydroxylation sites is 2. The lowest BCUT2D eigenvalue weighted by Gasteiger charge is -2.04. The molecule has 0 radical (unpaired) electrons. The maximum Gasteiger partial charge on any atom is 0.231 e. The van der Waals surface area contributed by atoms with Gasteiger partial charge in [0.15, 0.2) is 11.4 Å². The van der Waals surface area contributed by atoms with Crippen LogP contribution in [0, 0.1) is 13.8 Å². The Morgan fingerprint density at radius 2 is 1.57 bits per heavy atom. The molecule has 0 unspecified atom stereocenters. The molecule has 0 aliphatic carbocycles. The van der Waals surface area contributed by atoms with Crippen LogP contribution in [0.15, 0.2) is 77.9 Å². The normalized spacial score (nSPS) is 11.2. The van der Waals surface area contributed by atoms with E-state index in [0.717, 1.165) is 50.2 Å². The average Bonchev–Trinajstić information content (AvgIpc) is 3.64. The molecular weight excluding hydrogens is 498 g/mol. The third-order valence-electron chi connectivity index (χ3n) is 6.58. The molecule has 0 saturated heterocycles. The van der Waals surface area contributed by atoms with E-state index in [9.17, 15) is 0 Å². The molecule has 0 saturated carbocycles. The highest BCUT2D eigenvalue weighted by Gasteiger charge is 2.18. The van der Waals surface area contributed by atoms with Crippen LogP contribution in [-0.4, -0.2) is 21.6 Å². The van der Waals surface area contributed by atoms with Gasteiger partial charge in [-0.25, -0.2) is 0 Å². The van der Waals surface area contributed by atoms with Gasteiger partial charge >= 0.3 is 0 Å². The minimum Gasteiger partial charge on any atom is -0.493 e. The maximum atomic E-state index is 5.87. The standard InChI is InChI=1S/C29H33N5OS2/c1-23-29(16-19-35-27-13-7-4-8-14-27)36-21-32(23)17-9-10-25-20-33(31-30-25)18-15-28-24(2)34(22-37-28)26-11-5-3-6-12-26/h3-8,11-14,20-22H,9-10,15-19H2,1-2H3/q+2. The Labute approximate surface area is 226 Å². The van der Waals surface area contributed by atoms with Crippen LogP contribution in [0.25, 0.3) is 5.69 Å². The van der Waals surface area contributed by atoms with Crippen LogP contribution in [-0.2, 0) is 32.4 Å². The molecule has 0 aliphatic rings. The predicted octanol–water partition coefficient (Wildman–Crippen LogP) is 5.08. The van der Waals surface area contributed by atoms with Gasteiger partial charge in [0.1, 0.15) is 12.3 Å². The molecular formula is C29H33N5OS2+2.